The number of ketones is 1. The van der Waals surface area contributed by atoms with Crippen LogP contribution >= 0.6 is 0 Å². The molecule has 0 saturated heterocycles. The van der Waals surface area contributed by atoms with Crippen LogP contribution < -0.4 is 18.9 Å². The molecule has 0 aliphatic carbocycles. The topological polar surface area (TPSA) is 54.0 Å². The lowest BCUT2D eigenvalue weighted by Crippen LogP contribution is -2.26. The fraction of sp³-hybridized carbons (Fsp3) is 0.316. The van der Waals surface area contributed by atoms with Gasteiger partial charge in [-0.3, -0.25) is 4.79 Å². The van der Waals surface area contributed by atoms with E-state index in [9.17, 15) is 4.79 Å². The average molecular weight is 326 g/mol. The van der Waals surface area contributed by atoms with Gasteiger partial charge in [-0.1, -0.05) is 6.07 Å². The van der Waals surface area contributed by atoms with Gasteiger partial charge in [0, 0.05) is 12.5 Å². The maximum absolute atomic E-state index is 12.9. The van der Waals surface area contributed by atoms with E-state index < -0.39 is 0 Å². The van der Waals surface area contributed by atoms with E-state index >= 15 is 0 Å². The summed E-state index contributed by atoms with van der Waals surface area (Å²) in [5.41, 5.74) is 1.46. The lowest BCUT2D eigenvalue weighted by molar-refractivity contribution is 0.0896. The van der Waals surface area contributed by atoms with Crippen LogP contribution in [0.2, 0.25) is 0 Å². The van der Waals surface area contributed by atoms with Gasteiger partial charge >= 0.3 is 0 Å². The first-order valence-electron chi connectivity index (χ1n) is 8.01. The van der Waals surface area contributed by atoms with Crippen LogP contribution in [0.4, 0.5) is 0 Å². The van der Waals surface area contributed by atoms with Crippen molar-refractivity contribution < 1.29 is 23.7 Å². The summed E-state index contributed by atoms with van der Waals surface area (Å²) in [6.45, 7) is 1.57. The van der Waals surface area contributed by atoms with E-state index in [1.54, 1.807) is 25.3 Å². The third kappa shape index (κ3) is 2.56. The Kier molecular flexibility index (Phi) is 3.76. The highest BCUT2D eigenvalue weighted by atomic mass is 16.5. The van der Waals surface area contributed by atoms with Crippen molar-refractivity contribution in [3.8, 4) is 23.0 Å². The molecule has 0 bridgehead atoms. The largest absolute Gasteiger partial charge is 0.497 e. The van der Waals surface area contributed by atoms with Crippen molar-refractivity contribution in [2.24, 2.45) is 0 Å². The molecule has 1 atom stereocenters. The lowest BCUT2D eigenvalue weighted by atomic mass is 9.89. The van der Waals surface area contributed by atoms with Crippen molar-refractivity contribution in [2.45, 2.75) is 12.3 Å². The van der Waals surface area contributed by atoms with Gasteiger partial charge in [0.1, 0.15) is 18.1 Å². The standard InChI is InChI=1S/C19H18O5/c1-21-13-4-5-14-17(10-13)24-11-15(19(14)20)12-3-6-16-18(9-12)23-8-2-7-22-16/h3-6,9-10,15H,2,7-8,11H2,1H3. The van der Waals surface area contributed by atoms with E-state index in [0.29, 0.717) is 42.6 Å². The first kappa shape index (κ1) is 14.9. The molecular weight excluding hydrogens is 308 g/mol. The minimum atomic E-state index is -0.344. The quantitative estimate of drug-likeness (QED) is 0.848. The van der Waals surface area contributed by atoms with Crippen LogP contribution in [0.15, 0.2) is 36.4 Å². The second kappa shape index (κ2) is 6.07. The van der Waals surface area contributed by atoms with Gasteiger partial charge in [0.2, 0.25) is 0 Å². The van der Waals surface area contributed by atoms with Crippen LogP contribution in [-0.2, 0) is 0 Å². The number of Topliss-reactive ketones (excluding diaryl/α,β-unsaturated/α-hetero) is 1. The Bertz CT molecular complexity index is 783. The third-order valence-electron chi connectivity index (χ3n) is 4.35. The molecule has 2 heterocycles. The number of fused-ring (bicyclic) bond motifs is 2. The molecule has 0 N–H and O–H groups in total. The fourth-order valence-corrected chi connectivity index (χ4v) is 3.03. The highest BCUT2D eigenvalue weighted by Crippen LogP contribution is 2.38. The summed E-state index contributed by atoms with van der Waals surface area (Å²) < 4.78 is 22.3. The fourth-order valence-electron chi connectivity index (χ4n) is 3.03. The second-order valence-electron chi connectivity index (χ2n) is 5.85. The summed E-state index contributed by atoms with van der Waals surface area (Å²) in [5.74, 6) is 2.38. The van der Waals surface area contributed by atoms with Crippen LogP contribution in [0, 0.1) is 0 Å². The molecule has 2 aliphatic heterocycles. The van der Waals surface area contributed by atoms with Crippen molar-refractivity contribution >= 4 is 5.78 Å². The smallest absolute Gasteiger partial charge is 0.177 e. The van der Waals surface area contributed by atoms with Gasteiger partial charge in [-0.2, -0.15) is 0 Å². The number of benzene rings is 2. The molecule has 4 rings (SSSR count). The van der Waals surface area contributed by atoms with E-state index in [1.165, 1.54) is 0 Å². The summed E-state index contributed by atoms with van der Waals surface area (Å²) in [7, 11) is 1.59. The highest BCUT2D eigenvalue weighted by Gasteiger charge is 2.31. The van der Waals surface area contributed by atoms with Gasteiger partial charge in [-0.25, -0.2) is 0 Å². The molecule has 0 spiro atoms. The van der Waals surface area contributed by atoms with E-state index in [-0.39, 0.29) is 11.7 Å². The summed E-state index contributed by atoms with van der Waals surface area (Å²) >= 11 is 0. The zero-order valence-electron chi connectivity index (χ0n) is 13.4. The zero-order valence-corrected chi connectivity index (χ0v) is 13.4. The second-order valence-corrected chi connectivity index (χ2v) is 5.85. The van der Waals surface area contributed by atoms with Gasteiger partial charge < -0.3 is 18.9 Å². The molecule has 1 unspecified atom stereocenters. The Morgan fingerprint density at radius 3 is 2.62 bits per heavy atom. The molecule has 0 saturated carbocycles. The lowest BCUT2D eigenvalue weighted by Gasteiger charge is -2.25. The number of methoxy groups -OCH3 is 1. The van der Waals surface area contributed by atoms with Crippen molar-refractivity contribution in [1.29, 1.82) is 0 Å². The Hall–Kier alpha value is -2.69. The predicted octanol–water partition coefficient (Wildman–Crippen LogP) is 3.22. The molecule has 124 valence electrons. The van der Waals surface area contributed by atoms with Crippen LogP contribution in [0.3, 0.4) is 0 Å². The molecule has 24 heavy (non-hydrogen) atoms. The number of hydrogen-bond donors (Lipinski definition) is 0. The van der Waals surface area contributed by atoms with Gasteiger partial charge in [0.25, 0.3) is 0 Å². The Morgan fingerprint density at radius 1 is 0.958 bits per heavy atom. The predicted molar refractivity (Wildman–Crippen MR) is 87.6 cm³/mol. The molecule has 0 amide bonds. The normalized spacial score (nSPS) is 19.0. The minimum absolute atomic E-state index is 0.0494. The number of carbonyl (C=O) groups excluding carboxylic acids is 1. The maximum atomic E-state index is 12.9. The zero-order chi connectivity index (χ0) is 16.5. The molecule has 2 aliphatic rings. The SMILES string of the molecule is COc1ccc2c(c1)OCC(c1ccc3c(c1)OCCCO3)C2=O. The van der Waals surface area contributed by atoms with Gasteiger partial charge in [0.05, 0.1) is 31.8 Å². The maximum Gasteiger partial charge on any atom is 0.177 e. The highest BCUT2D eigenvalue weighted by molar-refractivity contribution is 6.04. The monoisotopic (exact) mass is 326 g/mol. The third-order valence-corrected chi connectivity index (χ3v) is 4.35. The van der Waals surface area contributed by atoms with E-state index in [4.69, 9.17) is 18.9 Å². The summed E-state index contributed by atoms with van der Waals surface area (Å²) in [6.07, 6.45) is 0.852. The Labute approximate surface area is 140 Å². The van der Waals surface area contributed by atoms with Crippen LogP contribution in [0.5, 0.6) is 23.0 Å². The first-order valence-corrected chi connectivity index (χ1v) is 8.01. The Morgan fingerprint density at radius 2 is 1.79 bits per heavy atom. The minimum Gasteiger partial charge on any atom is -0.497 e. The van der Waals surface area contributed by atoms with Gasteiger partial charge in [-0.15, -0.1) is 0 Å². The molecule has 0 aromatic heterocycles. The van der Waals surface area contributed by atoms with E-state index in [0.717, 1.165) is 17.7 Å². The Balaban J connectivity index is 1.65. The van der Waals surface area contributed by atoms with Crippen molar-refractivity contribution in [2.75, 3.05) is 26.9 Å². The summed E-state index contributed by atoms with van der Waals surface area (Å²) in [4.78, 5) is 12.9. The summed E-state index contributed by atoms with van der Waals surface area (Å²) in [5, 5.41) is 0. The van der Waals surface area contributed by atoms with E-state index in [2.05, 4.69) is 0 Å². The molecular formula is C19H18O5. The van der Waals surface area contributed by atoms with Gasteiger partial charge in [0.15, 0.2) is 17.3 Å². The number of hydrogen-bond acceptors (Lipinski definition) is 5. The number of carbonyl (C=O) groups is 1. The summed E-state index contributed by atoms with van der Waals surface area (Å²) in [6, 6.07) is 10.9. The molecule has 5 nitrogen and oxygen atoms in total. The first-order chi connectivity index (χ1) is 11.8. The molecule has 0 radical (unpaired) electrons. The molecule has 0 fully saturated rings. The van der Waals surface area contributed by atoms with E-state index in [1.807, 2.05) is 18.2 Å². The van der Waals surface area contributed by atoms with Crippen LogP contribution in [-0.4, -0.2) is 32.7 Å². The molecule has 2 aromatic carbocycles. The van der Waals surface area contributed by atoms with Crippen molar-refractivity contribution in [1.82, 2.24) is 0 Å². The number of rotatable bonds is 2. The average Bonchev–Trinajstić information content (AvgIpc) is 2.86. The number of ether oxygens (including phenoxy) is 4. The van der Waals surface area contributed by atoms with Gasteiger partial charge in [-0.05, 0) is 29.8 Å². The van der Waals surface area contributed by atoms with Crippen molar-refractivity contribution in [3.05, 3.63) is 47.5 Å². The molecule has 5 heteroatoms. The van der Waals surface area contributed by atoms with Crippen molar-refractivity contribution in [3.63, 3.8) is 0 Å². The molecule has 2 aromatic rings. The van der Waals surface area contributed by atoms with Crippen LogP contribution in [0.1, 0.15) is 28.3 Å². The van der Waals surface area contributed by atoms with Crippen LogP contribution in [0.25, 0.3) is 0 Å².